The molecule has 1 aromatic heterocycles. The molecule has 1 aromatic carbocycles. The van der Waals surface area contributed by atoms with Crippen molar-refractivity contribution in [3.8, 4) is 0 Å². The molecule has 4 heteroatoms. The SMILES string of the molecule is O=C(O)C1(Cc2csc3ccccc23)CCCS1. The average Bonchev–Trinajstić information content (AvgIpc) is 2.99. The van der Waals surface area contributed by atoms with E-state index >= 15 is 0 Å². The van der Waals surface area contributed by atoms with Crippen molar-refractivity contribution in [3.63, 3.8) is 0 Å². The molecule has 0 amide bonds. The highest BCUT2D eigenvalue weighted by molar-refractivity contribution is 8.01. The van der Waals surface area contributed by atoms with Gasteiger partial charge in [0.15, 0.2) is 0 Å². The van der Waals surface area contributed by atoms with Gasteiger partial charge in [0.2, 0.25) is 0 Å². The molecule has 1 atom stereocenters. The normalized spacial score (nSPS) is 23.6. The molecule has 2 aromatic rings. The number of fused-ring (bicyclic) bond motifs is 1. The van der Waals surface area contributed by atoms with Crippen LogP contribution in [0.25, 0.3) is 10.1 Å². The largest absolute Gasteiger partial charge is 0.480 e. The van der Waals surface area contributed by atoms with Crippen molar-refractivity contribution in [1.29, 1.82) is 0 Å². The van der Waals surface area contributed by atoms with E-state index in [1.54, 1.807) is 23.1 Å². The molecule has 0 radical (unpaired) electrons. The fraction of sp³-hybridized carbons (Fsp3) is 0.357. The first-order chi connectivity index (χ1) is 8.71. The van der Waals surface area contributed by atoms with Crippen LogP contribution in [0.1, 0.15) is 18.4 Å². The molecule has 18 heavy (non-hydrogen) atoms. The molecule has 1 aliphatic heterocycles. The third kappa shape index (κ3) is 1.93. The van der Waals surface area contributed by atoms with Gasteiger partial charge in [-0.1, -0.05) is 18.2 Å². The van der Waals surface area contributed by atoms with Gasteiger partial charge in [-0.2, -0.15) is 0 Å². The lowest BCUT2D eigenvalue weighted by molar-refractivity contribution is -0.139. The van der Waals surface area contributed by atoms with Crippen LogP contribution in [0.5, 0.6) is 0 Å². The molecule has 94 valence electrons. The Balaban J connectivity index is 1.98. The first kappa shape index (κ1) is 12.1. The maximum absolute atomic E-state index is 11.6. The molecule has 1 fully saturated rings. The van der Waals surface area contributed by atoms with Crippen molar-refractivity contribution < 1.29 is 9.90 Å². The van der Waals surface area contributed by atoms with E-state index < -0.39 is 10.7 Å². The second-order valence-electron chi connectivity index (χ2n) is 4.69. The van der Waals surface area contributed by atoms with Crippen molar-refractivity contribution in [2.75, 3.05) is 5.75 Å². The van der Waals surface area contributed by atoms with Gasteiger partial charge in [-0.25, -0.2) is 0 Å². The Hall–Kier alpha value is -1.00. The third-order valence-corrected chi connectivity index (χ3v) is 6.11. The molecule has 1 unspecified atom stereocenters. The number of carboxylic acids is 1. The van der Waals surface area contributed by atoms with Crippen LogP contribution in [-0.2, 0) is 11.2 Å². The summed E-state index contributed by atoms with van der Waals surface area (Å²) in [6, 6.07) is 8.24. The Labute approximate surface area is 114 Å². The lowest BCUT2D eigenvalue weighted by Gasteiger charge is -2.22. The number of benzene rings is 1. The Morgan fingerprint density at radius 3 is 2.94 bits per heavy atom. The zero-order valence-electron chi connectivity index (χ0n) is 9.89. The first-order valence-corrected chi connectivity index (χ1v) is 7.90. The van der Waals surface area contributed by atoms with Crippen molar-refractivity contribution in [2.24, 2.45) is 0 Å². The average molecular weight is 278 g/mol. The van der Waals surface area contributed by atoms with E-state index in [2.05, 4.69) is 17.5 Å². The number of thioether (sulfide) groups is 1. The van der Waals surface area contributed by atoms with Gasteiger partial charge in [-0.3, -0.25) is 4.79 Å². The first-order valence-electron chi connectivity index (χ1n) is 6.04. The molecule has 1 aliphatic rings. The molecular formula is C14H14O2S2. The summed E-state index contributed by atoms with van der Waals surface area (Å²) in [4.78, 5) is 11.6. The molecule has 1 saturated heterocycles. The van der Waals surface area contributed by atoms with E-state index in [1.165, 1.54) is 15.6 Å². The minimum absolute atomic E-state index is 0.593. The molecule has 0 bridgehead atoms. The fourth-order valence-corrected chi connectivity index (χ4v) is 4.87. The molecule has 0 saturated carbocycles. The predicted octanol–water partition coefficient (Wildman–Crippen LogP) is 3.79. The van der Waals surface area contributed by atoms with Gasteiger partial charge in [0.1, 0.15) is 4.75 Å². The minimum atomic E-state index is -0.653. The number of rotatable bonds is 3. The van der Waals surface area contributed by atoms with Crippen molar-refractivity contribution >= 4 is 39.2 Å². The van der Waals surface area contributed by atoms with E-state index in [-0.39, 0.29) is 0 Å². The Kier molecular flexibility index (Phi) is 3.08. The van der Waals surface area contributed by atoms with Crippen molar-refractivity contribution in [2.45, 2.75) is 24.0 Å². The zero-order chi connectivity index (χ0) is 12.6. The van der Waals surface area contributed by atoms with Gasteiger partial charge in [0, 0.05) is 4.70 Å². The van der Waals surface area contributed by atoms with Crippen LogP contribution in [0.3, 0.4) is 0 Å². The summed E-state index contributed by atoms with van der Waals surface area (Å²) < 4.78 is 0.653. The van der Waals surface area contributed by atoms with Crippen LogP contribution < -0.4 is 0 Å². The van der Waals surface area contributed by atoms with Gasteiger partial charge in [-0.05, 0) is 47.4 Å². The zero-order valence-corrected chi connectivity index (χ0v) is 11.5. The Bertz CT molecular complexity index is 582. The second-order valence-corrected chi connectivity index (χ2v) is 7.07. The number of aliphatic carboxylic acids is 1. The quantitative estimate of drug-likeness (QED) is 0.928. The second kappa shape index (κ2) is 4.59. The number of carbonyl (C=O) groups is 1. The Morgan fingerprint density at radius 1 is 1.39 bits per heavy atom. The van der Waals surface area contributed by atoms with Gasteiger partial charge >= 0.3 is 5.97 Å². The van der Waals surface area contributed by atoms with Crippen LogP contribution in [0.4, 0.5) is 0 Å². The molecular weight excluding hydrogens is 264 g/mol. The highest BCUT2D eigenvalue weighted by Gasteiger charge is 2.42. The van der Waals surface area contributed by atoms with Gasteiger partial charge in [-0.15, -0.1) is 23.1 Å². The van der Waals surface area contributed by atoms with Crippen LogP contribution in [0, 0.1) is 0 Å². The lowest BCUT2D eigenvalue weighted by Crippen LogP contribution is -2.34. The summed E-state index contributed by atoms with van der Waals surface area (Å²) in [5.41, 5.74) is 1.19. The molecule has 0 aliphatic carbocycles. The van der Waals surface area contributed by atoms with Crippen LogP contribution in [-0.4, -0.2) is 21.6 Å². The van der Waals surface area contributed by atoms with Crippen molar-refractivity contribution in [1.82, 2.24) is 0 Å². The standard InChI is InChI=1S/C14H14O2S2/c15-13(16)14(6-3-7-18-14)8-10-9-17-12-5-2-1-4-11(10)12/h1-2,4-5,9H,3,6-8H2,(H,15,16). The molecule has 3 rings (SSSR count). The fourth-order valence-electron chi connectivity index (χ4n) is 2.56. The third-order valence-electron chi connectivity index (χ3n) is 3.53. The van der Waals surface area contributed by atoms with Gasteiger partial charge in [0.05, 0.1) is 0 Å². The van der Waals surface area contributed by atoms with Gasteiger partial charge in [0.25, 0.3) is 0 Å². The van der Waals surface area contributed by atoms with E-state index in [9.17, 15) is 9.90 Å². The molecule has 2 nitrogen and oxygen atoms in total. The van der Waals surface area contributed by atoms with Crippen LogP contribution >= 0.6 is 23.1 Å². The highest BCUT2D eigenvalue weighted by Crippen LogP contribution is 2.42. The molecule has 2 heterocycles. The maximum atomic E-state index is 11.6. The summed E-state index contributed by atoms with van der Waals surface area (Å²) in [7, 11) is 0. The monoisotopic (exact) mass is 278 g/mol. The van der Waals surface area contributed by atoms with Crippen LogP contribution in [0.15, 0.2) is 29.6 Å². The summed E-state index contributed by atoms with van der Waals surface area (Å²) in [6.07, 6.45) is 2.45. The van der Waals surface area contributed by atoms with Crippen molar-refractivity contribution in [3.05, 3.63) is 35.2 Å². The summed E-state index contributed by atoms with van der Waals surface area (Å²) in [5.74, 6) is 0.314. The minimum Gasteiger partial charge on any atom is -0.480 e. The number of hydrogen-bond acceptors (Lipinski definition) is 3. The summed E-state index contributed by atoms with van der Waals surface area (Å²) in [5, 5.41) is 12.9. The number of hydrogen-bond donors (Lipinski definition) is 1. The number of thiophene rings is 1. The predicted molar refractivity (Wildman–Crippen MR) is 77.6 cm³/mol. The van der Waals surface area contributed by atoms with E-state index in [1.807, 2.05) is 12.1 Å². The number of carboxylic acid groups (broad SMARTS) is 1. The van der Waals surface area contributed by atoms with E-state index in [4.69, 9.17) is 0 Å². The van der Waals surface area contributed by atoms with Gasteiger partial charge < -0.3 is 5.11 Å². The highest BCUT2D eigenvalue weighted by atomic mass is 32.2. The van der Waals surface area contributed by atoms with E-state index in [0.717, 1.165) is 18.6 Å². The lowest BCUT2D eigenvalue weighted by atomic mass is 9.94. The summed E-state index contributed by atoms with van der Waals surface area (Å²) in [6.45, 7) is 0. The molecule has 0 spiro atoms. The smallest absolute Gasteiger partial charge is 0.320 e. The van der Waals surface area contributed by atoms with E-state index in [0.29, 0.717) is 6.42 Å². The Morgan fingerprint density at radius 2 is 2.22 bits per heavy atom. The maximum Gasteiger partial charge on any atom is 0.320 e. The molecule has 1 N–H and O–H groups in total. The van der Waals surface area contributed by atoms with Crippen LogP contribution in [0.2, 0.25) is 0 Å². The summed E-state index contributed by atoms with van der Waals surface area (Å²) >= 11 is 3.32. The topological polar surface area (TPSA) is 37.3 Å².